The van der Waals surface area contributed by atoms with E-state index in [0.717, 1.165) is 0 Å². The molecule has 0 aromatic carbocycles. The zero-order valence-electron chi connectivity index (χ0n) is 9.36. The first kappa shape index (κ1) is 12.4. The quantitative estimate of drug-likeness (QED) is 0.542. The Morgan fingerprint density at radius 2 is 2.44 bits per heavy atom. The molecule has 1 heterocycles. The normalized spacial score (nSPS) is 11.9. The van der Waals surface area contributed by atoms with Gasteiger partial charge in [-0.15, -0.1) is 0 Å². The molecular weight excluding hydrogens is 205 g/mol. The topological polar surface area (TPSA) is 77.2 Å². The van der Waals surface area contributed by atoms with Crippen molar-refractivity contribution < 1.29 is 9.53 Å². The number of nitrogen functional groups attached to an aromatic ring is 1. The third kappa shape index (κ3) is 3.45. The maximum absolute atomic E-state index is 11.0. The van der Waals surface area contributed by atoms with Gasteiger partial charge >= 0.3 is 5.97 Å². The van der Waals surface area contributed by atoms with Gasteiger partial charge in [-0.3, -0.25) is 4.79 Å². The third-order valence-electron chi connectivity index (χ3n) is 2.04. The number of hydrogen-bond donors (Lipinski definition) is 2. The van der Waals surface area contributed by atoms with Gasteiger partial charge in [-0.05, 0) is 13.0 Å². The molecule has 3 N–H and O–H groups in total. The number of nitrogens with two attached hydrogens (primary N) is 1. The monoisotopic (exact) mass is 219 g/mol. The van der Waals surface area contributed by atoms with Crippen LogP contribution in [0.4, 0.5) is 11.5 Å². The standard InChI is InChI=1S/C10H14BN3O2/c1-6(3-9(15)16-2)14-8-4-7(11)5-13-10(8)12/h4-6,14H,3H2,1-2H3,(H2,12,13)/t6-/m1/s1. The Bertz CT molecular complexity index is 384. The van der Waals surface area contributed by atoms with Gasteiger partial charge in [-0.25, -0.2) is 4.98 Å². The number of pyridine rings is 1. The zero-order valence-corrected chi connectivity index (χ0v) is 9.36. The number of aromatic nitrogens is 1. The van der Waals surface area contributed by atoms with Crippen LogP contribution in [-0.4, -0.2) is 32.0 Å². The number of carbonyl (C=O) groups excluding carboxylic acids is 1. The van der Waals surface area contributed by atoms with E-state index < -0.39 is 0 Å². The highest BCUT2D eigenvalue weighted by molar-refractivity contribution is 6.32. The highest BCUT2D eigenvalue weighted by Crippen LogP contribution is 2.14. The van der Waals surface area contributed by atoms with Gasteiger partial charge in [0.05, 0.1) is 19.2 Å². The molecule has 0 saturated carbocycles. The van der Waals surface area contributed by atoms with E-state index in [4.69, 9.17) is 13.6 Å². The lowest BCUT2D eigenvalue weighted by atomic mass is 9.98. The van der Waals surface area contributed by atoms with Crippen molar-refractivity contribution in [3.05, 3.63) is 12.3 Å². The Morgan fingerprint density at radius 1 is 1.75 bits per heavy atom. The van der Waals surface area contributed by atoms with Crippen LogP contribution >= 0.6 is 0 Å². The summed E-state index contributed by atoms with van der Waals surface area (Å²) in [6.45, 7) is 1.85. The molecule has 0 fully saturated rings. The fourth-order valence-electron chi connectivity index (χ4n) is 1.26. The van der Waals surface area contributed by atoms with Crippen LogP contribution in [0.15, 0.2) is 12.3 Å². The van der Waals surface area contributed by atoms with E-state index in [1.54, 1.807) is 6.07 Å². The first-order valence-electron chi connectivity index (χ1n) is 4.87. The molecule has 0 amide bonds. The Kier molecular flexibility index (Phi) is 4.16. The molecule has 0 aliphatic rings. The average Bonchev–Trinajstić information content (AvgIpc) is 2.23. The molecule has 1 aromatic rings. The first-order valence-corrected chi connectivity index (χ1v) is 4.87. The van der Waals surface area contributed by atoms with Crippen LogP contribution in [-0.2, 0) is 9.53 Å². The second kappa shape index (κ2) is 5.39. The van der Waals surface area contributed by atoms with Crippen LogP contribution in [0.5, 0.6) is 0 Å². The smallest absolute Gasteiger partial charge is 0.307 e. The predicted octanol–water partition coefficient (Wildman–Crippen LogP) is -0.179. The van der Waals surface area contributed by atoms with Gasteiger partial charge in [0, 0.05) is 12.2 Å². The summed E-state index contributed by atoms with van der Waals surface area (Å²) in [5, 5.41) is 3.05. The van der Waals surface area contributed by atoms with E-state index in [2.05, 4.69) is 15.0 Å². The van der Waals surface area contributed by atoms with Crippen LogP contribution in [0, 0.1) is 0 Å². The lowest BCUT2D eigenvalue weighted by Gasteiger charge is -2.15. The van der Waals surface area contributed by atoms with Crippen molar-refractivity contribution in [2.24, 2.45) is 0 Å². The number of ether oxygens (including phenoxy) is 1. The minimum Gasteiger partial charge on any atom is -0.469 e. The number of nitrogens with zero attached hydrogens (tertiary/aromatic N) is 1. The average molecular weight is 219 g/mol. The first-order chi connectivity index (χ1) is 7.52. The molecule has 0 bridgehead atoms. The summed E-state index contributed by atoms with van der Waals surface area (Å²) in [6.07, 6.45) is 1.73. The molecule has 1 atom stereocenters. The third-order valence-corrected chi connectivity index (χ3v) is 2.04. The molecule has 5 nitrogen and oxygen atoms in total. The Hall–Kier alpha value is -1.72. The maximum Gasteiger partial charge on any atom is 0.307 e. The summed E-state index contributed by atoms with van der Waals surface area (Å²) in [5.74, 6) is 0.0707. The fourth-order valence-corrected chi connectivity index (χ4v) is 1.26. The lowest BCUT2D eigenvalue weighted by molar-refractivity contribution is -0.140. The van der Waals surface area contributed by atoms with Gasteiger partial charge in [-0.1, -0.05) is 5.46 Å². The largest absolute Gasteiger partial charge is 0.469 e. The van der Waals surface area contributed by atoms with E-state index in [0.29, 0.717) is 17.0 Å². The number of nitrogens with one attached hydrogen (secondary N) is 1. The van der Waals surface area contributed by atoms with E-state index in [1.807, 2.05) is 6.92 Å². The summed E-state index contributed by atoms with van der Waals surface area (Å²) in [5.41, 5.74) is 6.79. The molecule has 2 radical (unpaired) electrons. The second-order valence-corrected chi connectivity index (χ2v) is 3.53. The van der Waals surface area contributed by atoms with Gasteiger partial charge in [-0.2, -0.15) is 0 Å². The van der Waals surface area contributed by atoms with Crippen LogP contribution in [0.25, 0.3) is 0 Å². The van der Waals surface area contributed by atoms with Crippen molar-refractivity contribution in [3.8, 4) is 0 Å². The molecule has 0 saturated heterocycles. The molecule has 0 unspecified atom stereocenters. The summed E-state index contributed by atoms with van der Waals surface area (Å²) in [4.78, 5) is 14.9. The molecule has 1 rings (SSSR count). The summed E-state index contributed by atoms with van der Waals surface area (Å²) in [7, 11) is 6.93. The number of esters is 1. The molecule has 84 valence electrons. The highest BCUT2D eigenvalue weighted by atomic mass is 16.5. The van der Waals surface area contributed by atoms with Crippen molar-refractivity contribution in [3.63, 3.8) is 0 Å². The summed E-state index contributed by atoms with van der Waals surface area (Å²) >= 11 is 0. The minimum absolute atomic E-state index is 0.0988. The van der Waals surface area contributed by atoms with Crippen molar-refractivity contribution in [1.82, 2.24) is 4.98 Å². The predicted molar refractivity (Wildman–Crippen MR) is 63.8 cm³/mol. The Labute approximate surface area is 95.8 Å². The highest BCUT2D eigenvalue weighted by Gasteiger charge is 2.10. The SMILES string of the molecule is [B]c1cnc(N)c(N[C@H](C)CC(=O)OC)c1. The number of hydrogen-bond acceptors (Lipinski definition) is 5. The van der Waals surface area contributed by atoms with Gasteiger partial charge in [0.2, 0.25) is 0 Å². The summed E-state index contributed by atoms with van der Waals surface area (Å²) < 4.78 is 4.56. The number of carbonyl (C=O) groups is 1. The number of rotatable bonds is 4. The second-order valence-electron chi connectivity index (χ2n) is 3.53. The maximum atomic E-state index is 11.0. The van der Waals surface area contributed by atoms with E-state index in [1.165, 1.54) is 13.3 Å². The van der Waals surface area contributed by atoms with Crippen molar-refractivity contribution in [2.75, 3.05) is 18.2 Å². The zero-order chi connectivity index (χ0) is 12.1. The molecule has 0 aliphatic carbocycles. The molecular formula is C10H14BN3O2. The van der Waals surface area contributed by atoms with E-state index in [-0.39, 0.29) is 18.4 Å². The Morgan fingerprint density at radius 3 is 3.06 bits per heavy atom. The van der Waals surface area contributed by atoms with Crippen LogP contribution in [0.2, 0.25) is 0 Å². The van der Waals surface area contributed by atoms with Crippen molar-refractivity contribution >= 4 is 30.8 Å². The van der Waals surface area contributed by atoms with Crippen molar-refractivity contribution in [1.29, 1.82) is 0 Å². The lowest BCUT2D eigenvalue weighted by Crippen LogP contribution is -2.22. The van der Waals surface area contributed by atoms with Crippen LogP contribution in [0.1, 0.15) is 13.3 Å². The van der Waals surface area contributed by atoms with E-state index in [9.17, 15) is 4.79 Å². The van der Waals surface area contributed by atoms with Crippen molar-refractivity contribution in [2.45, 2.75) is 19.4 Å². The van der Waals surface area contributed by atoms with Gasteiger partial charge in [0.25, 0.3) is 0 Å². The molecule has 1 aromatic heterocycles. The van der Waals surface area contributed by atoms with Crippen LogP contribution in [0.3, 0.4) is 0 Å². The molecule has 0 spiro atoms. The molecule has 0 aliphatic heterocycles. The fraction of sp³-hybridized carbons (Fsp3) is 0.400. The Balaban J connectivity index is 2.65. The van der Waals surface area contributed by atoms with Gasteiger partial charge in [0.15, 0.2) is 0 Å². The summed E-state index contributed by atoms with van der Waals surface area (Å²) in [6, 6.07) is 1.58. The number of anilines is 2. The molecule has 16 heavy (non-hydrogen) atoms. The molecule has 6 heteroatoms. The number of methoxy groups -OCH3 is 1. The minimum atomic E-state index is -0.282. The van der Waals surface area contributed by atoms with E-state index >= 15 is 0 Å². The van der Waals surface area contributed by atoms with Crippen LogP contribution < -0.4 is 16.5 Å². The van der Waals surface area contributed by atoms with Gasteiger partial charge in [0.1, 0.15) is 13.7 Å². The van der Waals surface area contributed by atoms with Gasteiger partial charge < -0.3 is 15.8 Å².